The van der Waals surface area contributed by atoms with E-state index in [-0.39, 0.29) is 0 Å². The van der Waals surface area contributed by atoms with Gasteiger partial charge in [-0.15, -0.1) is 0 Å². The molecule has 0 atom stereocenters. The van der Waals surface area contributed by atoms with Gasteiger partial charge >= 0.3 is 0 Å². The predicted octanol–water partition coefficient (Wildman–Crippen LogP) is 3.08. The molecule has 0 aromatic carbocycles. The Morgan fingerprint density at radius 3 is 2.46 bits per heavy atom. The van der Waals surface area contributed by atoms with E-state index in [1.807, 2.05) is 6.92 Å². The highest BCUT2D eigenvalue weighted by molar-refractivity contribution is 9.10. The summed E-state index contributed by atoms with van der Waals surface area (Å²) in [5, 5.41) is 0. The molecule has 0 unspecified atom stereocenters. The van der Waals surface area contributed by atoms with Crippen molar-refractivity contribution in [2.24, 2.45) is 13.0 Å². The lowest BCUT2D eigenvalue weighted by molar-refractivity contribution is 0.571. The number of hydrogen-bond acceptors (Lipinski definition) is 1. The Hall–Kier alpha value is -0.310. The first-order chi connectivity index (χ1) is 6.02. The summed E-state index contributed by atoms with van der Waals surface area (Å²) in [5.74, 6) is 1.83. The summed E-state index contributed by atoms with van der Waals surface area (Å²) in [6.45, 7) is 6.53. The molecule has 1 aromatic rings. The predicted molar refractivity (Wildman–Crippen MR) is 58.8 cm³/mol. The van der Waals surface area contributed by atoms with Crippen LogP contribution in [0.4, 0.5) is 0 Å². The van der Waals surface area contributed by atoms with Gasteiger partial charge in [-0.1, -0.05) is 13.8 Å². The van der Waals surface area contributed by atoms with Gasteiger partial charge in [0.15, 0.2) is 0 Å². The minimum atomic E-state index is 0.752. The van der Waals surface area contributed by atoms with Gasteiger partial charge in [0.05, 0.1) is 5.69 Å². The fourth-order valence-electron chi connectivity index (χ4n) is 1.31. The van der Waals surface area contributed by atoms with Crippen LogP contribution in [0.1, 0.15) is 31.8 Å². The van der Waals surface area contributed by atoms with Crippen molar-refractivity contribution in [2.75, 3.05) is 0 Å². The molecule has 0 aliphatic heterocycles. The van der Waals surface area contributed by atoms with Crippen LogP contribution in [-0.4, -0.2) is 9.55 Å². The molecule has 0 aliphatic rings. The third-order valence-electron chi connectivity index (χ3n) is 2.35. The number of hydrogen-bond donors (Lipinski definition) is 0. The molecule has 0 spiro atoms. The largest absolute Gasteiger partial charge is 0.334 e. The van der Waals surface area contributed by atoms with Crippen LogP contribution in [0.15, 0.2) is 4.60 Å². The van der Waals surface area contributed by atoms with Crippen LogP contribution >= 0.6 is 15.9 Å². The van der Waals surface area contributed by atoms with Crippen molar-refractivity contribution >= 4 is 15.9 Å². The minimum Gasteiger partial charge on any atom is -0.334 e. The Bertz CT molecular complexity index is 289. The summed E-state index contributed by atoms with van der Waals surface area (Å²) >= 11 is 3.49. The molecule has 0 saturated heterocycles. The summed E-state index contributed by atoms with van der Waals surface area (Å²) in [6, 6.07) is 0. The molecule has 0 amide bonds. The number of nitrogens with zero attached hydrogens (tertiary/aromatic N) is 2. The molecular weight excluding hydrogens is 228 g/mol. The summed E-state index contributed by atoms with van der Waals surface area (Å²) in [7, 11) is 2.07. The third kappa shape index (κ3) is 2.56. The second-order valence-corrected chi connectivity index (χ2v) is 4.64. The molecule has 3 heteroatoms. The molecule has 0 N–H and O–H groups in total. The molecule has 2 nitrogen and oxygen atoms in total. The van der Waals surface area contributed by atoms with E-state index in [1.54, 1.807) is 0 Å². The van der Waals surface area contributed by atoms with E-state index in [0.717, 1.165) is 22.8 Å². The van der Waals surface area contributed by atoms with Crippen molar-refractivity contribution in [3.63, 3.8) is 0 Å². The van der Waals surface area contributed by atoms with Crippen LogP contribution in [0.5, 0.6) is 0 Å². The van der Waals surface area contributed by atoms with Crippen molar-refractivity contribution < 1.29 is 0 Å². The zero-order valence-electron chi connectivity index (χ0n) is 8.76. The Labute approximate surface area is 88.5 Å². The second-order valence-electron chi connectivity index (χ2n) is 3.89. The topological polar surface area (TPSA) is 17.8 Å². The van der Waals surface area contributed by atoms with Crippen LogP contribution in [0.2, 0.25) is 0 Å². The summed E-state index contributed by atoms with van der Waals surface area (Å²) in [4.78, 5) is 4.37. The van der Waals surface area contributed by atoms with Crippen LogP contribution in [0.25, 0.3) is 0 Å². The standard InChI is InChI=1S/C10H17BrN2/c1-7(2)5-6-9-10(11)12-8(3)13(9)4/h7H,5-6H2,1-4H3. The van der Waals surface area contributed by atoms with Crippen LogP contribution in [0, 0.1) is 12.8 Å². The van der Waals surface area contributed by atoms with Gasteiger partial charge in [-0.2, -0.15) is 0 Å². The maximum absolute atomic E-state index is 4.37. The van der Waals surface area contributed by atoms with Crippen LogP contribution in [0.3, 0.4) is 0 Å². The molecule has 1 heterocycles. The highest BCUT2D eigenvalue weighted by Crippen LogP contribution is 2.19. The van der Waals surface area contributed by atoms with Gasteiger partial charge in [-0.3, -0.25) is 0 Å². The van der Waals surface area contributed by atoms with Crippen molar-refractivity contribution in [2.45, 2.75) is 33.6 Å². The van der Waals surface area contributed by atoms with Crippen LogP contribution in [-0.2, 0) is 13.5 Å². The highest BCUT2D eigenvalue weighted by atomic mass is 79.9. The van der Waals surface area contributed by atoms with Gasteiger partial charge < -0.3 is 4.57 Å². The first kappa shape index (κ1) is 10.8. The van der Waals surface area contributed by atoms with E-state index in [4.69, 9.17) is 0 Å². The Morgan fingerprint density at radius 1 is 1.46 bits per heavy atom. The lowest BCUT2D eigenvalue weighted by atomic mass is 10.1. The number of rotatable bonds is 3. The Morgan fingerprint density at radius 2 is 2.08 bits per heavy atom. The molecule has 0 radical (unpaired) electrons. The molecule has 0 aliphatic carbocycles. The van der Waals surface area contributed by atoms with Gasteiger partial charge in [0, 0.05) is 7.05 Å². The van der Waals surface area contributed by atoms with Gasteiger partial charge in [0.25, 0.3) is 0 Å². The lowest BCUT2D eigenvalue weighted by Crippen LogP contribution is -2.01. The molecule has 1 aromatic heterocycles. The van der Waals surface area contributed by atoms with Crippen molar-refractivity contribution in [1.82, 2.24) is 9.55 Å². The number of aryl methyl sites for hydroxylation is 1. The van der Waals surface area contributed by atoms with Crippen molar-refractivity contribution in [1.29, 1.82) is 0 Å². The maximum atomic E-state index is 4.37. The SMILES string of the molecule is Cc1nc(Br)c(CCC(C)C)n1C. The normalized spacial score (nSPS) is 11.2. The highest BCUT2D eigenvalue weighted by Gasteiger charge is 2.09. The summed E-state index contributed by atoms with van der Waals surface area (Å²) in [6.07, 6.45) is 2.33. The number of aromatic nitrogens is 2. The van der Waals surface area contributed by atoms with Crippen molar-refractivity contribution in [3.8, 4) is 0 Å². The van der Waals surface area contributed by atoms with E-state index in [1.165, 1.54) is 12.1 Å². The van der Waals surface area contributed by atoms with E-state index in [0.29, 0.717) is 0 Å². The van der Waals surface area contributed by atoms with E-state index >= 15 is 0 Å². The fraction of sp³-hybridized carbons (Fsp3) is 0.700. The average molecular weight is 245 g/mol. The molecule has 0 fully saturated rings. The van der Waals surface area contributed by atoms with E-state index in [9.17, 15) is 0 Å². The van der Waals surface area contributed by atoms with Gasteiger partial charge in [0.1, 0.15) is 10.4 Å². The molecule has 0 saturated carbocycles. The van der Waals surface area contributed by atoms with Gasteiger partial charge in [0.2, 0.25) is 0 Å². The first-order valence-corrected chi connectivity index (χ1v) is 5.49. The van der Waals surface area contributed by atoms with Crippen LogP contribution < -0.4 is 0 Å². The third-order valence-corrected chi connectivity index (χ3v) is 2.98. The average Bonchev–Trinajstić information content (AvgIpc) is 2.24. The van der Waals surface area contributed by atoms with Crippen molar-refractivity contribution in [3.05, 3.63) is 16.1 Å². The molecule has 0 bridgehead atoms. The molecule has 1 rings (SSSR count). The number of halogens is 1. The molecule has 74 valence electrons. The maximum Gasteiger partial charge on any atom is 0.127 e. The quantitative estimate of drug-likeness (QED) is 0.800. The monoisotopic (exact) mass is 244 g/mol. The Kier molecular flexibility index (Phi) is 3.54. The van der Waals surface area contributed by atoms with E-state index < -0.39 is 0 Å². The van der Waals surface area contributed by atoms with Gasteiger partial charge in [-0.05, 0) is 41.6 Å². The fourth-order valence-corrected chi connectivity index (χ4v) is 2.03. The Balaban J connectivity index is 2.76. The zero-order valence-corrected chi connectivity index (χ0v) is 10.3. The number of imidazole rings is 1. The summed E-state index contributed by atoms with van der Waals surface area (Å²) in [5.41, 5.74) is 1.31. The first-order valence-electron chi connectivity index (χ1n) is 4.70. The smallest absolute Gasteiger partial charge is 0.127 e. The van der Waals surface area contributed by atoms with E-state index in [2.05, 4.69) is 46.4 Å². The molecule has 13 heavy (non-hydrogen) atoms. The summed E-state index contributed by atoms with van der Waals surface area (Å²) < 4.78 is 3.17. The minimum absolute atomic E-state index is 0.752. The second kappa shape index (κ2) is 4.27. The molecular formula is C10H17BrN2. The zero-order chi connectivity index (χ0) is 10.0. The lowest BCUT2D eigenvalue weighted by Gasteiger charge is -2.06. The van der Waals surface area contributed by atoms with Gasteiger partial charge in [-0.25, -0.2) is 4.98 Å².